The van der Waals surface area contributed by atoms with Crippen LogP contribution in [0.1, 0.15) is 63.0 Å². The second kappa shape index (κ2) is 5.74. The minimum atomic E-state index is -0.0912. The lowest BCUT2D eigenvalue weighted by atomic mass is 9.81. The number of aryl methyl sites for hydroxylation is 2. The molecule has 1 unspecified atom stereocenters. The Balaban J connectivity index is 2.40. The maximum absolute atomic E-state index is 5.92. The number of thiazole rings is 1. The van der Waals surface area contributed by atoms with Crippen LogP contribution in [-0.2, 0) is 16.7 Å². The molecule has 114 valence electrons. The molecule has 0 bridgehead atoms. The molecular formula is C16H28N2OS. The zero-order valence-corrected chi connectivity index (χ0v) is 14.5. The molecule has 0 aromatic carbocycles. The third kappa shape index (κ3) is 3.23. The average molecular weight is 296 g/mol. The Hall–Kier alpha value is -0.450. The predicted molar refractivity (Wildman–Crippen MR) is 85.4 cm³/mol. The van der Waals surface area contributed by atoms with Crippen LogP contribution in [0.4, 0.5) is 0 Å². The largest absolute Gasteiger partial charge is 0.375 e. The Bertz CT molecular complexity index is 467. The first-order chi connectivity index (χ1) is 9.28. The second-order valence-electron chi connectivity index (χ2n) is 6.79. The molecule has 0 spiro atoms. The Kier molecular flexibility index (Phi) is 4.57. The third-order valence-electron chi connectivity index (χ3n) is 3.95. The van der Waals surface area contributed by atoms with Crippen molar-refractivity contribution in [2.75, 3.05) is 6.61 Å². The van der Waals surface area contributed by atoms with Crippen molar-refractivity contribution in [1.82, 2.24) is 10.3 Å². The molecule has 4 heteroatoms. The lowest BCUT2D eigenvalue weighted by Gasteiger charge is -2.45. The standard InChI is InChI=1S/C16H28N2OS/c1-7-13-12(4)20-14(17-13)16(18-11(2)3)8-9-19-15(5,6)10-16/h11,18H,7-10H2,1-6H3. The highest BCUT2D eigenvalue weighted by Crippen LogP contribution is 2.42. The molecule has 1 atom stereocenters. The van der Waals surface area contributed by atoms with Gasteiger partial charge in [0, 0.05) is 23.9 Å². The van der Waals surface area contributed by atoms with Crippen molar-refractivity contribution in [3.63, 3.8) is 0 Å². The first-order valence-corrected chi connectivity index (χ1v) is 8.48. The van der Waals surface area contributed by atoms with Crippen LogP contribution in [-0.4, -0.2) is 23.2 Å². The zero-order valence-electron chi connectivity index (χ0n) is 13.7. The van der Waals surface area contributed by atoms with Crippen molar-refractivity contribution in [3.8, 4) is 0 Å². The van der Waals surface area contributed by atoms with E-state index in [0.717, 1.165) is 25.9 Å². The molecule has 0 saturated carbocycles. The molecule has 0 aliphatic carbocycles. The first-order valence-electron chi connectivity index (χ1n) is 7.66. The van der Waals surface area contributed by atoms with Crippen LogP contribution in [0.2, 0.25) is 0 Å². The molecule has 20 heavy (non-hydrogen) atoms. The van der Waals surface area contributed by atoms with Gasteiger partial charge in [-0.15, -0.1) is 11.3 Å². The van der Waals surface area contributed by atoms with E-state index < -0.39 is 0 Å². The smallest absolute Gasteiger partial charge is 0.113 e. The molecule has 1 aliphatic rings. The molecule has 1 saturated heterocycles. The van der Waals surface area contributed by atoms with Crippen LogP contribution >= 0.6 is 11.3 Å². The van der Waals surface area contributed by atoms with Gasteiger partial charge in [-0.05, 0) is 47.5 Å². The number of hydrogen-bond donors (Lipinski definition) is 1. The quantitative estimate of drug-likeness (QED) is 0.917. The van der Waals surface area contributed by atoms with Gasteiger partial charge < -0.3 is 10.1 Å². The van der Waals surface area contributed by atoms with Gasteiger partial charge in [0.15, 0.2) is 0 Å². The number of hydrogen-bond acceptors (Lipinski definition) is 4. The highest BCUT2D eigenvalue weighted by Gasteiger charge is 2.44. The van der Waals surface area contributed by atoms with Gasteiger partial charge in [-0.2, -0.15) is 0 Å². The molecule has 2 heterocycles. The number of ether oxygens (including phenoxy) is 1. The topological polar surface area (TPSA) is 34.2 Å². The molecule has 1 N–H and O–H groups in total. The lowest BCUT2D eigenvalue weighted by Crippen LogP contribution is -2.54. The fourth-order valence-electron chi connectivity index (χ4n) is 3.25. The molecule has 0 amide bonds. The van der Waals surface area contributed by atoms with Crippen molar-refractivity contribution in [1.29, 1.82) is 0 Å². The summed E-state index contributed by atoms with van der Waals surface area (Å²) in [4.78, 5) is 6.30. The summed E-state index contributed by atoms with van der Waals surface area (Å²) in [6.07, 6.45) is 3.00. The van der Waals surface area contributed by atoms with Gasteiger partial charge in [-0.1, -0.05) is 6.92 Å². The summed E-state index contributed by atoms with van der Waals surface area (Å²) in [5.74, 6) is 0. The second-order valence-corrected chi connectivity index (χ2v) is 7.99. The molecule has 2 rings (SSSR count). The van der Waals surface area contributed by atoms with Crippen LogP contribution in [0.3, 0.4) is 0 Å². The van der Waals surface area contributed by atoms with Gasteiger partial charge in [-0.25, -0.2) is 4.98 Å². The van der Waals surface area contributed by atoms with Crippen LogP contribution in [0.15, 0.2) is 0 Å². The van der Waals surface area contributed by atoms with Crippen molar-refractivity contribution < 1.29 is 4.74 Å². The number of nitrogens with one attached hydrogen (secondary N) is 1. The summed E-state index contributed by atoms with van der Waals surface area (Å²) in [5, 5.41) is 5.05. The summed E-state index contributed by atoms with van der Waals surface area (Å²) in [6.45, 7) is 14.0. The summed E-state index contributed by atoms with van der Waals surface area (Å²) in [5.41, 5.74) is 1.13. The minimum Gasteiger partial charge on any atom is -0.375 e. The normalized spacial score (nSPS) is 26.1. The fourth-order valence-corrected chi connectivity index (χ4v) is 4.43. The van der Waals surface area contributed by atoms with Crippen molar-refractivity contribution in [2.45, 2.75) is 78.0 Å². The molecule has 1 fully saturated rings. The fraction of sp³-hybridized carbons (Fsp3) is 0.812. The molecule has 3 nitrogen and oxygen atoms in total. The van der Waals surface area contributed by atoms with Crippen LogP contribution < -0.4 is 5.32 Å². The van der Waals surface area contributed by atoms with E-state index in [-0.39, 0.29) is 11.1 Å². The van der Waals surface area contributed by atoms with Gasteiger partial charge in [0.05, 0.1) is 16.8 Å². The van der Waals surface area contributed by atoms with E-state index in [9.17, 15) is 0 Å². The van der Waals surface area contributed by atoms with Crippen LogP contribution in [0, 0.1) is 6.92 Å². The Morgan fingerprint density at radius 1 is 1.40 bits per heavy atom. The van der Waals surface area contributed by atoms with Gasteiger partial charge >= 0.3 is 0 Å². The minimum absolute atomic E-state index is 0.0290. The Morgan fingerprint density at radius 2 is 2.10 bits per heavy atom. The number of aromatic nitrogens is 1. The van der Waals surface area contributed by atoms with Gasteiger partial charge in [0.1, 0.15) is 5.01 Å². The summed E-state index contributed by atoms with van der Waals surface area (Å²) in [7, 11) is 0. The van der Waals surface area contributed by atoms with Crippen molar-refractivity contribution >= 4 is 11.3 Å². The van der Waals surface area contributed by atoms with E-state index in [0.29, 0.717) is 6.04 Å². The Labute approximate surface area is 127 Å². The van der Waals surface area contributed by atoms with Crippen molar-refractivity contribution in [2.24, 2.45) is 0 Å². The van der Waals surface area contributed by atoms with E-state index in [1.165, 1.54) is 15.6 Å². The Morgan fingerprint density at radius 3 is 2.60 bits per heavy atom. The van der Waals surface area contributed by atoms with Crippen LogP contribution in [0.5, 0.6) is 0 Å². The lowest BCUT2D eigenvalue weighted by molar-refractivity contribution is -0.0914. The summed E-state index contributed by atoms with van der Waals surface area (Å²) >= 11 is 1.86. The average Bonchev–Trinajstić information content (AvgIpc) is 2.68. The van der Waals surface area contributed by atoms with Gasteiger partial charge in [0.25, 0.3) is 0 Å². The molecule has 1 aliphatic heterocycles. The zero-order chi connectivity index (χ0) is 15.0. The highest BCUT2D eigenvalue weighted by molar-refractivity contribution is 7.11. The van der Waals surface area contributed by atoms with Gasteiger partial charge in [0.2, 0.25) is 0 Å². The number of nitrogens with zero attached hydrogens (tertiary/aromatic N) is 1. The molecule has 0 radical (unpaired) electrons. The maximum atomic E-state index is 5.92. The highest BCUT2D eigenvalue weighted by atomic mass is 32.1. The van der Waals surface area contributed by atoms with E-state index in [1.54, 1.807) is 0 Å². The molecular weight excluding hydrogens is 268 g/mol. The summed E-state index contributed by atoms with van der Waals surface area (Å²) in [6, 6.07) is 0.443. The van der Waals surface area contributed by atoms with E-state index in [2.05, 4.69) is 46.9 Å². The predicted octanol–water partition coefficient (Wildman–Crippen LogP) is 3.80. The first kappa shape index (κ1) is 15.9. The summed E-state index contributed by atoms with van der Waals surface area (Å²) < 4.78 is 5.92. The van der Waals surface area contributed by atoms with E-state index in [4.69, 9.17) is 9.72 Å². The van der Waals surface area contributed by atoms with Gasteiger partial charge in [-0.3, -0.25) is 0 Å². The maximum Gasteiger partial charge on any atom is 0.113 e. The molecule has 1 aromatic heterocycles. The van der Waals surface area contributed by atoms with E-state index in [1.807, 2.05) is 11.3 Å². The van der Waals surface area contributed by atoms with Crippen LogP contribution in [0.25, 0.3) is 0 Å². The van der Waals surface area contributed by atoms with Crippen molar-refractivity contribution in [3.05, 3.63) is 15.6 Å². The van der Waals surface area contributed by atoms with E-state index >= 15 is 0 Å². The number of rotatable bonds is 4. The SMILES string of the molecule is CCc1nc(C2(NC(C)C)CCOC(C)(C)C2)sc1C. The third-order valence-corrected chi connectivity index (χ3v) is 5.17. The monoisotopic (exact) mass is 296 g/mol. The molecule has 1 aromatic rings.